The fraction of sp³-hybridized carbons (Fsp3) is 0.600. The topological polar surface area (TPSA) is 91.3 Å². The van der Waals surface area contributed by atoms with Crippen LogP contribution in [-0.4, -0.2) is 79.5 Å². The number of hydrogen-bond donors (Lipinski definition) is 2. The first-order valence-corrected chi connectivity index (χ1v) is 9.60. The second kappa shape index (κ2) is 10.9. The van der Waals surface area contributed by atoms with Crippen molar-refractivity contribution in [2.24, 2.45) is 5.92 Å². The Kier molecular flexibility index (Phi) is 8.53. The number of para-hydroxylation sites is 1. The van der Waals surface area contributed by atoms with Crippen molar-refractivity contribution in [3.63, 3.8) is 0 Å². The number of carbonyl (C=O) groups is 2. The molecule has 1 heterocycles. The molecule has 0 saturated carbocycles. The molecule has 0 bridgehead atoms. The van der Waals surface area contributed by atoms with E-state index in [0.717, 1.165) is 11.3 Å². The van der Waals surface area contributed by atoms with Crippen molar-refractivity contribution >= 4 is 12.0 Å². The Bertz CT molecular complexity index is 652. The van der Waals surface area contributed by atoms with Gasteiger partial charge in [-0.1, -0.05) is 32.0 Å². The van der Waals surface area contributed by atoms with E-state index >= 15 is 0 Å². The highest BCUT2D eigenvalue weighted by Crippen LogP contribution is 2.18. The zero-order valence-corrected chi connectivity index (χ0v) is 16.9. The summed E-state index contributed by atoms with van der Waals surface area (Å²) in [5.41, 5.74) is 0.933. The molecule has 0 spiro atoms. The molecule has 2 N–H and O–H groups in total. The van der Waals surface area contributed by atoms with Gasteiger partial charge in [0.1, 0.15) is 5.75 Å². The van der Waals surface area contributed by atoms with Crippen LogP contribution < -0.4 is 10.1 Å². The number of carboxylic acids is 1. The van der Waals surface area contributed by atoms with Crippen LogP contribution in [0.4, 0.5) is 4.79 Å². The summed E-state index contributed by atoms with van der Waals surface area (Å²) in [6, 6.07) is 7.53. The Balaban J connectivity index is 1.85. The molecule has 1 aliphatic heterocycles. The highest BCUT2D eigenvalue weighted by molar-refractivity contribution is 5.74. The summed E-state index contributed by atoms with van der Waals surface area (Å²) < 4.78 is 11.5. The van der Waals surface area contributed by atoms with Crippen LogP contribution >= 0.6 is 0 Å². The number of carboxylic acid groups (broad SMARTS) is 1. The number of ether oxygens (including phenoxy) is 2. The number of likely N-dealkylation sites (N-methyl/N-ethyl adjacent to an activating group) is 1. The summed E-state index contributed by atoms with van der Waals surface area (Å²) in [4.78, 5) is 26.7. The monoisotopic (exact) mass is 393 g/mol. The summed E-state index contributed by atoms with van der Waals surface area (Å²) in [5.74, 6) is 0.324. The quantitative estimate of drug-likeness (QED) is 0.663. The number of nitrogens with one attached hydrogen (secondary N) is 1. The predicted octanol–water partition coefficient (Wildman–Crippen LogP) is 1.65. The van der Waals surface area contributed by atoms with Crippen molar-refractivity contribution in [3.05, 3.63) is 29.8 Å². The summed E-state index contributed by atoms with van der Waals surface area (Å²) in [6.45, 7) is 6.97. The maximum absolute atomic E-state index is 12.6. The van der Waals surface area contributed by atoms with Crippen LogP contribution in [0.5, 0.6) is 5.75 Å². The Hall–Kier alpha value is -2.32. The zero-order chi connectivity index (χ0) is 20.5. The Morgan fingerprint density at radius 2 is 2.14 bits per heavy atom. The second-order valence-electron chi connectivity index (χ2n) is 7.50. The SMILES string of the molecule is CC(C)COc1ccccc1CNC(=O)N1CCOC(CN(C)CC(=O)O)C1. The van der Waals surface area contributed by atoms with E-state index in [4.69, 9.17) is 14.6 Å². The number of amides is 2. The van der Waals surface area contributed by atoms with Gasteiger partial charge in [-0.05, 0) is 19.0 Å². The summed E-state index contributed by atoms with van der Waals surface area (Å²) in [5, 5.41) is 11.8. The van der Waals surface area contributed by atoms with Gasteiger partial charge in [0.25, 0.3) is 0 Å². The highest BCUT2D eigenvalue weighted by Gasteiger charge is 2.25. The number of hydrogen-bond acceptors (Lipinski definition) is 5. The minimum Gasteiger partial charge on any atom is -0.493 e. The molecule has 0 radical (unpaired) electrons. The van der Waals surface area contributed by atoms with Crippen molar-refractivity contribution in [2.75, 3.05) is 46.4 Å². The number of rotatable bonds is 9. The number of morpholine rings is 1. The highest BCUT2D eigenvalue weighted by atomic mass is 16.5. The lowest BCUT2D eigenvalue weighted by molar-refractivity contribution is -0.138. The zero-order valence-electron chi connectivity index (χ0n) is 16.9. The Morgan fingerprint density at radius 3 is 2.86 bits per heavy atom. The molecular weight excluding hydrogens is 362 g/mol. The van der Waals surface area contributed by atoms with Crippen molar-refractivity contribution in [3.8, 4) is 5.75 Å². The van der Waals surface area contributed by atoms with Crippen LogP contribution in [0.3, 0.4) is 0 Å². The van der Waals surface area contributed by atoms with Gasteiger partial charge in [-0.3, -0.25) is 9.69 Å². The number of aliphatic carboxylic acids is 1. The van der Waals surface area contributed by atoms with Gasteiger partial charge in [-0.15, -0.1) is 0 Å². The number of nitrogens with zero attached hydrogens (tertiary/aromatic N) is 2. The standard InChI is InChI=1S/C20H31N3O5/c1-15(2)14-28-18-7-5-4-6-16(18)10-21-20(26)23-8-9-27-17(12-23)11-22(3)13-19(24)25/h4-7,15,17H,8-14H2,1-3H3,(H,21,26)(H,24,25). The van der Waals surface area contributed by atoms with Gasteiger partial charge in [0.15, 0.2) is 0 Å². The lowest BCUT2D eigenvalue weighted by Crippen LogP contribution is -2.52. The first-order valence-electron chi connectivity index (χ1n) is 9.60. The van der Waals surface area contributed by atoms with Gasteiger partial charge in [-0.25, -0.2) is 4.79 Å². The lowest BCUT2D eigenvalue weighted by atomic mass is 10.2. The first kappa shape index (κ1) is 22.0. The average Bonchev–Trinajstić information content (AvgIpc) is 2.64. The van der Waals surface area contributed by atoms with E-state index in [1.807, 2.05) is 24.3 Å². The molecule has 1 aromatic rings. The molecule has 1 atom stereocenters. The van der Waals surface area contributed by atoms with Gasteiger partial charge in [0.2, 0.25) is 0 Å². The predicted molar refractivity (Wildman–Crippen MR) is 105 cm³/mol. The minimum atomic E-state index is -0.883. The normalized spacial score (nSPS) is 17.0. The van der Waals surface area contributed by atoms with Gasteiger partial charge >= 0.3 is 12.0 Å². The second-order valence-corrected chi connectivity index (χ2v) is 7.50. The molecule has 1 saturated heterocycles. The molecule has 0 aliphatic carbocycles. The fourth-order valence-electron chi connectivity index (χ4n) is 2.99. The summed E-state index contributed by atoms with van der Waals surface area (Å²) in [7, 11) is 1.73. The Labute approximate surface area is 166 Å². The number of benzene rings is 1. The van der Waals surface area contributed by atoms with Crippen molar-refractivity contribution < 1.29 is 24.2 Å². The molecule has 1 aromatic carbocycles. The van der Waals surface area contributed by atoms with Crippen molar-refractivity contribution in [1.82, 2.24) is 15.1 Å². The van der Waals surface area contributed by atoms with Crippen LogP contribution in [0.1, 0.15) is 19.4 Å². The third-order valence-corrected chi connectivity index (χ3v) is 4.32. The van der Waals surface area contributed by atoms with Gasteiger partial charge in [0.05, 0.1) is 25.9 Å². The summed E-state index contributed by atoms with van der Waals surface area (Å²) >= 11 is 0. The van der Waals surface area contributed by atoms with E-state index in [9.17, 15) is 9.59 Å². The van der Waals surface area contributed by atoms with Crippen LogP contribution in [-0.2, 0) is 16.1 Å². The summed E-state index contributed by atoms with van der Waals surface area (Å²) in [6.07, 6.45) is -0.203. The van der Waals surface area contributed by atoms with E-state index in [0.29, 0.717) is 45.3 Å². The molecule has 8 nitrogen and oxygen atoms in total. The molecule has 8 heteroatoms. The molecule has 2 amide bonds. The van der Waals surface area contributed by atoms with Crippen molar-refractivity contribution in [2.45, 2.75) is 26.5 Å². The smallest absolute Gasteiger partial charge is 0.317 e. The van der Waals surface area contributed by atoms with E-state index in [1.165, 1.54) is 0 Å². The first-order chi connectivity index (χ1) is 13.3. The lowest BCUT2D eigenvalue weighted by Gasteiger charge is -2.34. The van der Waals surface area contributed by atoms with Crippen LogP contribution in [0.25, 0.3) is 0 Å². The van der Waals surface area contributed by atoms with E-state index in [1.54, 1.807) is 16.8 Å². The molecule has 2 rings (SSSR count). The van der Waals surface area contributed by atoms with Gasteiger partial charge in [0, 0.05) is 31.7 Å². The third-order valence-electron chi connectivity index (χ3n) is 4.32. The maximum Gasteiger partial charge on any atom is 0.317 e. The van der Waals surface area contributed by atoms with Crippen molar-refractivity contribution in [1.29, 1.82) is 0 Å². The van der Waals surface area contributed by atoms with E-state index < -0.39 is 5.97 Å². The molecule has 0 aromatic heterocycles. The largest absolute Gasteiger partial charge is 0.493 e. The molecule has 1 fully saturated rings. The molecular formula is C20H31N3O5. The van der Waals surface area contributed by atoms with Crippen LogP contribution in [0.15, 0.2) is 24.3 Å². The van der Waals surface area contributed by atoms with Gasteiger partial charge in [-0.2, -0.15) is 0 Å². The van der Waals surface area contributed by atoms with E-state index in [2.05, 4.69) is 19.2 Å². The fourth-order valence-corrected chi connectivity index (χ4v) is 2.99. The molecule has 156 valence electrons. The number of urea groups is 1. The van der Waals surface area contributed by atoms with Crippen LogP contribution in [0.2, 0.25) is 0 Å². The van der Waals surface area contributed by atoms with E-state index in [-0.39, 0.29) is 18.7 Å². The van der Waals surface area contributed by atoms with Crippen LogP contribution in [0, 0.1) is 5.92 Å². The molecule has 1 unspecified atom stereocenters. The average molecular weight is 393 g/mol. The maximum atomic E-state index is 12.6. The molecule has 1 aliphatic rings. The minimum absolute atomic E-state index is 0.0563. The number of carbonyl (C=O) groups excluding carboxylic acids is 1. The Morgan fingerprint density at radius 1 is 1.39 bits per heavy atom. The van der Waals surface area contributed by atoms with Gasteiger partial charge < -0.3 is 24.8 Å². The third kappa shape index (κ3) is 7.36. The molecule has 28 heavy (non-hydrogen) atoms.